The molecule has 2 saturated heterocycles. The molecular formula is C29H21ClN2O6S. The highest BCUT2D eigenvalue weighted by atomic mass is 35.5. The van der Waals surface area contributed by atoms with Gasteiger partial charge in [0.05, 0.1) is 17.4 Å². The van der Waals surface area contributed by atoms with E-state index in [0.717, 1.165) is 4.90 Å². The summed E-state index contributed by atoms with van der Waals surface area (Å²) in [6.07, 6.45) is -1.14. The molecule has 0 spiro atoms. The van der Waals surface area contributed by atoms with Crippen LogP contribution in [0, 0.1) is 5.92 Å². The van der Waals surface area contributed by atoms with Gasteiger partial charge < -0.3 is 4.18 Å². The predicted molar refractivity (Wildman–Crippen MR) is 145 cm³/mol. The number of nitrogens with zero attached hydrogens (tertiary/aromatic N) is 2. The molecule has 0 aliphatic carbocycles. The van der Waals surface area contributed by atoms with Crippen molar-refractivity contribution < 1.29 is 27.0 Å². The zero-order valence-electron chi connectivity index (χ0n) is 20.3. The number of rotatable bonds is 6. The van der Waals surface area contributed by atoms with Crippen LogP contribution in [0.1, 0.15) is 11.6 Å². The van der Waals surface area contributed by atoms with E-state index in [9.17, 15) is 18.0 Å². The summed E-state index contributed by atoms with van der Waals surface area (Å²) in [5.74, 6) is -1.98. The van der Waals surface area contributed by atoms with Crippen LogP contribution in [0.5, 0.6) is 5.75 Å². The van der Waals surface area contributed by atoms with Crippen LogP contribution >= 0.6 is 11.6 Å². The third kappa shape index (κ3) is 4.44. The van der Waals surface area contributed by atoms with Crippen molar-refractivity contribution in [2.24, 2.45) is 5.92 Å². The zero-order chi connectivity index (χ0) is 27.1. The van der Waals surface area contributed by atoms with Crippen molar-refractivity contribution in [3.8, 4) is 5.75 Å². The molecular weight excluding hydrogens is 540 g/mol. The molecule has 196 valence electrons. The fraction of sp³-hybridized carbons (Fsp3) is 0.103. The van der Waals surface area contributed by atoms with Gasteiger partial charge >= 0.3 is 10.1 Å². The van der Waals surface area contributed by atoms with E-state index in [2.05, 4.69) is 0 Å². The number of hydroxylamine groups is 1. The summed E-state index contributed by atoms with van der Waals surface area (Å²) < 4.78 is 31.9. The van der Waals surface area contributed by atoms with Gasteiger partial charge in [-0.3, -0.25) is 14.4 Å². The van der Waals surface area contributed by atoms with Crippen molar-refractivity contribution in [2.45, 2.75) is 17.0 Å². The standard InChI is InChI=1S/C29H21ClN2O6S/c30-19-10-9-13-21(18-19)31-28(33)25-26(32(37-27(25)29(31)34)20-11-3-1-4-12-20)23-16-7-8-17-24(23)38-39(35,36)22-14-5-2-6-15-22/h1-18,25-27H/t25-,26+,27+/m0/s1. The second-order valence-electron chi connectivity index (χ2n) is 9.04. The van der Waals surface area contributed by atoms with E-state index in [-0.39, 0.29) is 10.6 Å². The Labute approximate surface area is 230 Å². The normalized spacial score (nSPS) is 20.8. The largest absolute Gasteiger partial charge is 0.379 e. The first-order valence-electron chi connectivity index (χ1n) is 12.1. The molecule has 0 bridgehead atoms. The van der Waals surface area contributed by atoms with Crippen LogP contribution in [0.4, 0.5) is 11.4 Å². The Hall–Kier alpha value is -4.18. The Balaban J connectivity index is 1.45. The molecule has 10 heteroatoms. The van der Waals surface area contributed by atoms with E-state index in [1.54, 1.807) is 78.9 Å². The number of imide groups is 1. The van der Waals surface area contributed by atoms with Crippen LogP contribution in [0.3, 0.4) is 0 Å². The first-order chi connectivity index (χ1) is 18.8. The Kier molecular flexibility index (Phi) is 6.34. The third-order valence-corrected chi connectivity index (χ3v) is 8.15. The van der Waals surface area contributed by atoms with E-state index in [1.165, 1.54) is 29.3 Å². The molecule has 6 rings (SSSR count). The quantitative estimate of drug-likeness (QED) is 0.237. The van der Waals surface area contributed by atoms with Gasteiger partial charge in [-0.05, 0) is 48.5 Å². The lowest BCUT2D eigenvalue weighted by Crippen LogP contribution is -2.37. The average molecular weight is 561 g/mol. The highest BCUT2D eigenvalue weighted by Crippen LogP contribution is 2.49. The molecule has 0 unspecified atom stereocenters. The van der Waals surface area contributed by atoms with E-state index in [4.69, 9.17) is 20.6 Å². The van der Waals surface area contributed by atoms with Gasteiger partial charge in [-0.2, -0.15) is 8.42 Å². The molecule has 0 aromatic heterocycles. The molecule has 8 nitrogen and oxygen atoms in total. The number of amides is 2. The highest BCUT2D eigenvalue weighted by molar-refractivity contribution is 7.87. The molecule has 2 aliphatic heterocycles. The fourth-order valence-corrected chi connectivity index (χ4v) is 6.11. The second-order valence-corrected chi connectivity index (χ2v) is 11.0. The van der Waals surface area contributed by atoms with Crippen molar-refractivity contribution in [1.82, 2.24) is 0 Å². The number of fused-ring (bicyclic) bond motifs is 1. The Bertz CT molecular complexity index is 1670. The Morgan fingerprint density at radius 3 is 2.10 bits per heavy atom. The van der Waals surface area contributed by atoms with Crippen molar-refractivity contribution in [2.75, 3.05) is 9.96 Å². The van der Waals surface area contributed by atoms with Gasteiger partial charge in [0.2, 0.25) is 5.91 Å². The lowest BCUT2D eigenvalue weighted by Gasteiger charge is -2.29. The SMILES string of the molecule is O=C1[C@H]2[C@@H](c3ccccc3OS(=O)(=O)c3ccccc3)N(c3ccccc3)O[C@H]2C(=O)N1c1cccc(Cl)c1. The molecule has 0 N–H and O–H groups in total. The maximum absolute atomic E-state index is 13.9. The zero-order valence-corrected chi connectivity index (χ0v) is 21.8. The highest BCUT2D eigenvalue weighted by Gasteiger charge is 2.60. The number of carbonyl (C=O) groups excluding carboxylic acids is 2. The monoisotopic (exact) mass is 560 g/mol. The fourth-order valence-electron chi connectivity index (χ4n) is 4.95. The van der Waals surface area contributed by atoms with Crippen molar-refractivity contribution in [3.63, 3.8) is 0 Å². The molecule has 2 fully saturated rings. The number of benzene rings is 4. The van der Waals surface area contributed by atoms with Crippen molar-refractivity contribution in [3.05, 3.63) is 120 Å². The molecule has 2 amide bonds. The molecule has 2 heterocycles. The van der Waals surface area contributed by atoms with Crippen LogP contribution in [-0.4, -0.2) is 26.3 Å². The second kappa shape index (κ2) is 9.85. The van der Waals surface area contributed by atoms with E-state index < -0.39 is 40.0 Å². The van der Waals surface area contributed by atoms with Crippen LogP contribution in [0.2, 0.25) is 5.02 Å². The number of hydrogen-bond donors (Lipinski definition) is 0. The number of para-hydroxylation sites is 2. The smallest absolute Gasteiger partial charge is 0.339 e. The van der Waals surface area contributed by atoms with Gasteiger partial charge in [-0.15, -0.1) is 0 Å². The average Bonchev–Trinajstić information content (AvgIpc) is 3.45. The first-order valence-corrected chi connectivity index (χ1v) is 13.9. The Morgan fingerprint density at radius 2 is 1.38 bits per heavy atom. The number of halogens is 1. The van der Waals surface area contributed by atoms with E-state index in [0.29, 0.717) is 22.0 Å². The topological polar surface area (TPSA) is 93.2 Å². The Morgan fingerprint density at radius 1 is 0.744 bits per heavy atom. The minimum atomic E-state index is -4.19. The summed E-state index contributed by atoms with van der Waals surface area (Å²) in [4.78, 5) is 34.6. The van der Waals surface area contributed by atoms with Gasteiger partial charge in [0.25, 0.3) is 5.91 Å². The maximum Gasteiger partial charge on any atom is 0.339 e. The van der Waals surface area contributed by atoms with Crippen molar-refractivity contribution >= 4 is 44.9 Å². The van der Waals surface area contributed by atoms with Gasteiger partial charge in [0.1, 0.15) is 16.6 Å². The lowest BCUT2D eigenvalue weighted by molar-refractivity contribution is -0.126. The van der Waals surface area contributed by atoms with Gasteiger partial charge in [-0.25, -0.2) is 9.96 Å². The third-order valence-electron chi connectivity index (χ3n) is 6.66. The van der Waals surface area contributed by atoms with E-state index >= 15 is 0 Å². The van der Waals surface area contributed by atoms with Gasteiger partial charge in [0, 0.05) is 10.6 Å². The summed E-state index contributed by atoms with van der Waals surface area (Å²) in [5, 5.41) is 1.86. The summed E-state index contributed by atoms with van der Waals surface area (Å²) in [6.45, 7) is 0. The van der Waals surface area contributed by atoms with Crippen LogP contribution in [0.25, 0.3) is 0 Å². The van der Waals surface area contributed by atoms with Crippen LogP contribution < -0.4 is 14.1 Å². The summed E-state index contributed by atoms with van der Waals surface area (Å²) >= 11 is 6.14. The lowest BCUT2D eigenvalue weighted by atomic mass is 9.90. The summed E-state index contributed by atoms with van der Waals surface area (Å²) in [6, 6.07) is 28.9. The molecule has 39 heavy (non-hydrogen) atoms. The summed E-state index contributed by atoms with van der Waals surface area (Å²) in [7, 11) is -4.19. The maximum atomic E-state index is 13.9. The van der Waals surface area contributed by atoms with Gasteiger partial charge in [-0.1, -0.05) is 72.3 Å². The minimum absolute atomic E-state index is 0.0143. The van der Waals surface area contributed by atoms with Crippen LogP contribution in [0.15, 0.2) is 114 Å². The van der Waals surface area contributed by atoms with Crippen LogP contribution in [-0.2, 0) is 24.5 Å². The number of carbonyl (C=O) groups is 2. The first kappa shape index (κ1) is 25.1. The predicted octanol–water partition coefficient (Wildman–Crippen LogP) is 5.16. The number of hydrogen-bond acceptors (Lipinski definition) is 7. The molecule has 4 aromatic rings. The summed E-state index contributed by atoms with van der Waals surface area (Å²) in [5.41, 5.74) is 1.30. The molecule has 0 radical (unpaired) electrons. The van der Waals surface area contributed by atoms with Gasteiger partial charge in [0.15, 0.2) is 6.10 Å². The molecule has 2 aliphatic rings. The number of anilines is 2. The molecule has 4 aromatic carbocycles. The minimum Gasteiger partial charge on any atom is -0.379 e. The van der Waals surface area contributed by atoms with Crippen molar-refractivity contribution in [1.29, 1.82) is 0 Å². The molecule has 3 atom stereocenters. The van der Waals surface area contributed by atoms with E-state index in [1.807, 2.05) is 6.07 Å². The molecule has 0 saturated carbocycles.